The van der Waals surface area contributed by atoms with Crippen LogP contribution >= 0.6 is 0 Å². The third kappa shape index (κ3) is 3.11. The first-order chi connectivity index (χ1) is 9.93. The number of carbonyl (C=O) groups is 3. The van der Waals surface area contributed by atoms with E-state index in [1.54, 1.807) is 25.1 Å². The van der Waals surface area contributed by atoms with Gasteiger partial charge < -0.3 is 10.4 Å². The Morgan fingerprint density at radius 3 is 2.62 bits per heavy atom. The predicted molar refractivity (Wildman–Crippen MR) is 75.9 cm³/mol. The van der Waals surface area contributed by atoms with Gasteiger partial charge in [-0.15, -0.1) is 0 Å². The molecule has 0 bridgehead atoms. The molecule has 1 heterocycles. The van der Waals surface area contributed by atoms with E-state index < -0.39 is 0 Å². The zero-order valence-corrected chi connectivity index (χ0v) is 12.0. The van der Waals surface area contributed by atoms with E-state index in [1.807, 2.05) is 6.92 Å². The van der Waals surface area contributed by atoms with Crippen molar-refractivity contribution in [3.05, 3.63) is 34.9 Å². The number of rotatable bonds is 5. The van der Waals surface area contributed by atoms with E-state index in [2.05, 4.69) is 5.32 Å². The molecule has 0 saturated heterocycles. The summed E-state index contributed by atoms with van der Waals surface area (Å²) in [4.78, 5) is 37.1. The fourth-order valence-electron chi connectivity index (χ4n) is 2.21. The molecule has 112 valence electrons. The number of imide groups is 1. The van der Waals surface area contributed by atoms with Gasteiger partial charge in [-0.05, 0) is 26.0 Å². The molecule has 6 heteroatoms. The molecule has 6 nitrogen and oxygen atoms in total. The molecule has 1 aromatic rings. The number of nitrogens with one attached hydrogen (secondary N) is 1. The van der Waals surface area contributed by atoms with Crippen molar-refractivity contribution in [2.45, 2.75) is 26.3 Å². The van der Waals surface area contributed by atoms with Crippen LogP contribution < -0.4 is 5.32 Å². The van der Waals surface area contributed by atoms with Crippen LogP contribution in [0.4, 0.5) is 0 Å². The van der Waals surface area contributed by atoms with E-state index in [-0.39, 0.29) is 43.3 Å². The van der Waals surface area contributed by atoms with E-state index in [0.717, 1.165) is 10.5 Å². The molecular weight excluding hydrogens is 272 g/mol. The van der Waals surface area contributed by atoms with Gasteiger partial charge in [-0.3, -0.25) is 19.3 Å². The maximum absolute atomic E-state index is 12.2. The van der Waals surface area contributed by atoms with Crippen molar-refractivity contribution in [1.29, 1.82) is 0 Å². The second-order valence-corrected chi connectivity index (χ2v) is 5.21. The molecule has 0 radical (unpaired) electrons. The Balaban J connectivity index is 2.02. The van der Waals surface area contributed by atoms with E-state index in [1.165, 1.54) is 0 Å². The first kappa shape index (κ1) is 15.2. The van der Waals surface area contributed by atoms with Crippen molar-refractivity contribution in [3.63, 3.8) is 0 Å². The number of fused-ring (bicyclic) bond motifs is 1. The topological polar surface area (TPSA) is 86.7 Å². The van der Waals surface area contributed by atoms with Crippen LogP contribution in [0.2, 0.25) is 0 Å². The minimum atomic E-state index is -0.363. The van der Waals surface area contributed by atoms with E-state index in [9.17, 15) is 14.4 Å². The Morgan fingerprint density at radius 1 is 1.29 bits per heavy atom. The lowest BCUT2D eigenvalue weighted by molar-refractivity contribution is -0.122. The highest BCUT2D eigenvalue weighted by Gasteiger charge is 2.35. The number of hydrogen-bond donors (Lipinski definition) is 2. The van der Waals surface area contributed by atoms with Gasteiger partial charge in [0.1, 0.15) is 0 Å². The van der Waals surface area contributed by atoms with Crippen LogP contribution in [0.15, 0.2) is 18.2 Å². The average molecular weight is 290 g/mol. The maximum atomic E-state index is 12.2. The number of benzene rings is 1. The Morgan fingerprint density at radius 2 is 1.95 bits per heavy atom. The monoisotopic (exact) mass is 290 g/mol. The molecule has 1 aromatic carbocycles. The fourth-order valence-corrected chi connectivity index (χ4v) is 2.21. The largest absolute Gasteiger partial charge is 0.394 e. The second kappa shape index (κ2) is 6.05. The zero-order valence-electron chi connectivity index (χ0n) is 12.0. The van der Waals surface area contributed by atoms with Crippen molar-refractivity contribution in [2.75, 3.05) is 13.2 Å². The first-order valence-corrected chi connectivity index (χ1v) is 6.81. The molecule has 2 rings (SSSR count). The standard InChI is InChI=1S/C15H18N2O4/c1-9-3-4-11-12(7-9)15(21)17(14(11)20)6-5-13(19)16-10(2)8-18/h3-4,7,10,18H,5-6,8H2,1-2H3,(H,16,19). The summed E-state index contributed by atoms with van der Waals surface area (Å²) in [6, 6.07) is 4.76. The van der Waals surface area contributed by atoms with Crippen molar-refractivity contribution in [3.8, 4) is 0 Å². The molecule has 2 N–H and O–H groups in total. The minimum Gasteiger partial charge on any atom is -0.394 e. The van der Waals surface area contributed by atoms with Crippen LogP contribution in [-0.4, -0.2) is 46.9 Å². The first-order valence-electron chi connectivity index (χ1n) is 6.81. The summed E-state index contributed by atoms with van der Waals surface area (Å²) in [7, 11) is 0. The van der Waals surface area contributed by atoms with Gasteiger partial charge in [-0.25, -0.2) is 0 Å². The maximum Gasteiger partial charge on any atom is 0.261 e. The third-order valence-corrected chi connectivity index (χ3v) is 3.37. The van der Waals surface area contributed by atoms with Gasteiger partial charge in [-0.1, -0.05) is 11.6 Å². The van der Waals surface area contributed by atoms with E-state index >= 15 is 0 Å². The lowest BCUT2D eigenvalue weighted by Gasteiger charge is -2.15. The molecule has 0 fully saturated rings. The van der Waals surface area contributed by atoms with Crippen LogP contribution in [0.1, 0.15) is 39.6 Å². The van der Waals surface area contributed by atoms with Gasteiger partial charge in [0, 0.05) is 19.0 Å². The molecule has 0 aliphatic carbocycles. The van der Waals surface area contributed by atoms with Gasteiger partial charge in [0.15, 0.2) is 0 Å². The minimum absolute atomic E-state index is 0.0226. The molecule has 21 heavy (non-hydrogen) atoms. The molecule has 1 aliphatic heterocycles. The Hall–Kier alpha value is -2.21. The highest BCUT2D eigenvalue weighted by molar-refractivity contribution is 6.21. The van der Waals surface area contributed by atoms with E-state index in [0.29, 0.717) is 11.1 Å². The highest BCUT2D eigenvalue weighted by atomic mass is 16.3. The SMILES string of the molecule is Cc1ccc2c(c1)C(=O)N(CCC(=O)NC(C)CO)C2=O. The van der Waals surface area contributed by atoms with Gasteiger partial charge >= 0.3 is 0 Å². The van der Waals surface area contributed by atoms with Gasteiger partial charge in [0.2, 0.25) is 5.91 Å². The number of aryl methyl sites for hydroxylation is 1. The molecular formula is C15H18N2O4. The van der Waals surface area contributed by atoms with Crippen LogP contribution in [0, 0.1) is 6.92 Å². The summed E-state index contributed by atoms with van der Waals surface area (Å²) in [6.07, 6.45) is 0.0226. The van der Waals surface area contributed by atoms with Crippen molar-refractivity contribution < 1.29 is 19.5 Å². The molecule has 0 aromatic heterocycles. The van der Waals surface area contributed by atoms with Crippen molar-refractivity contribution in [1.82, 2.24) is 10.2 Å². The van der Waals surface area contributed by atoms with Crippen LogP contribution in [0.3, 0.4) is 0 Å². The Kier molecular flexibility index (Phi) is 4.37. The summed E-state index contributed by atoms with van der Waals surface area (Å²) in [5, 5.41) is 11.4. The molecule has 0 spiro atoms. The van der Waals surface area contributed by atoms with Gasteiger partial charge in [0.25, 0.3) is 11.8 Å². The zero-order chi connectivity index (χ0) is 15.6. The number of hydrogen-bond acceptors (Lipinski definition) is 4. The molecule has 1 atom stereocenters. The highest BCUT2D eigenvalue weighted by Crippen LogP contribution is 2.23. The summed E-state index contributed by atoms with van der Waals surface area (Å²) < 4.78 is 0. The fraction of sp³-hybridized carbons (Fsp3) is 0.400. The molecule has 3 amide bonds. The third-order valence-electron chi connectivity index (χ3n) is 3.37. The molecule has 0 saturated carbocycles. The molecule has 1 unspecified atom stereocenters. The normalized spacial score (nSPS) is 15.1. The van der Waals surface area contributed by atoms with Crippen LogP contribution in [0.5, 0.6) is 0 Å². The number of nitrogens with zero attached hydrogens (tertiary/aromatic N) is 1. The summed E-state index contributed by atoms with van der Waals surface area (Å²) in [6.45, 7) is 3.40. The number of amides is 3. The second-order valence-electron chi connectivity index (χ2n) is 5.21. The van der Waals surface area contributed by atoms with Crippen LogP contribution in [-0.2, 0) is 4.79 Å². The number of aliphatic hydroxyl groups excluding tert-OH is 1. The van der Waals surface area contributed by atoms with Crippen LogP contribution in [0.25, 0.3) is 0 Å². The van der Waals surface area contributed by atoms with Crippen molar-refractivity contribution >= 4 is 17.7 Å². The van der Waals surface area contributed by atoms with Gasteiger partial charge in [-0.2, -0.15) is 0 Å². The number of carbonyl (C=O) groups excluding carboxylic acids is 3. The Labute approximate surface area is 122 Å². The lowest BCUT2D eigenvalue weighted by atomic mass is 10.1. The smallest absolute Gasteiger partial charge is 0.261 e. The Bertz CT molecular complexity index is 597. The van der Waals surface area contributed by atoms with Gasteiger partial charge in [0.05, 0.1) is 17.7 Å². The lowest BCUT2D eigenvalue weighted by Crippen LogP contribution is -2.38. The predicted octanol–water partition coefficient (Wildman–Crippen LogP) is 0.478. The number of aliphatic hydroxyl groups is 1. The summed E-state index contributed by atoms with van der Waals surface area (Å²) in [5.74, 6) is -1.02. The summed E-state index contributed by atoms with van der Waals surface area (Å²) >= 11 is 0. The van der Waals surface area contributed by atoms with Crippen molar-refractivity contribution in [2.24, 2.45) is 0 Å². The molecule has 1 aliphatic rings. The quantitative estimate of drug-likeness (QED) is 0.772. The van der Waals surface area contributed by atoms with E-state index in [4.69, 9.17) is 5.11 Å². The average Bonchev–Trinajstić information content (AvgIpc) is 2.68. The summed E-state index contributed by atoms with van der Waals surface area (Å²) in [5.41, 5.74) is 1.69.